The predicted molar refractivity (Wildman–Crippen MR) is 209 cm³/mol. The monoisotopic (exact) mass is 738 g/mol. The smallest absolute Gasteiger partial charge is 0.231 e. The molecule has 0 aromatic heterocycles. The minimum absolute atomic E-state index is 0.0450. The fourth-order valence-electron chi connectivity index (χ4n) is 8.95. The number of ketones is 1. The zero-order valence-electron chi connectivity index (χ0n) is 31.0. The Kier molecular flexibility index (Phi) is 7.55. The Hall–Kier alpha value is -6.49. The van der Waals surface area contributed by atoms with Crippen molar-refractivity contribution in [3.05, 3.63) is 83.9 Å². The zero-order valence-corrected chi connectivity index (χ0v) is 31.0. The quantitative estimate of drug-likeness (QED) is 0.162. The first kappa shape index (κ1) is 33.1. The first-order chi connectivity index (χ1) is 26.9. The van der Waals surface area contributed by atoms with E-state index in [9.17, 15) is 4.79 Å². The number of hydrogen-bond donors (Lipinski definition) is 1. The average molecular weight is 739 g/mol. The molecule has 10 rings (SSSR count). The van der Waals surface area contributed by atoms with Crippen molar-refractivity contribution in [2.24, 2.45) is 0 Å². The minimum atomic E-state index is -0.440. The molecule has 1 N–H and O–H groups in total. The molecule has 6 aromatic rings. The number of rotatable bonds is 8. The van der Waals surface area contributed by atoms with Gasteiger partial charge in [0.25, 0.3) is 0 Å². The molecule has 11 heteroatoms. The Morgan fingerprint density at radius 2 is 1.16 bits per heavy atom. The number of methoxy groups -OCH3 is 4. The van der Waals surface area contributed by atoms with Gasteiger partial charge in [-0.15, -0.1) is 0 Å². The van der Waals surface area contributed by atoms with Crippen molar-refractivity contribution in [2.75, 3.05) is 59.3 Å². The molecule has 0 radical (unpaired) electrons. The summed E-state index contributed by atoms with van der Waals surface area (Å²) in [6, 6.07) is 23.6. The second kappa shape index (κ2) is 12.5. The lowest BCUT2D eigenvalue weighted by Gasteiger charge is -2.39. The summed E-state index contributed by atoms with van der Waals surface area (Å²) in [6.45, 7) is 0.360. The van der Waals surface area contributed by atoms with E-state index in [1.54, 1.807) is 28.4 Å². The minimum Gasteiger partial charge on any atom is -0.493 e. The van der Waals surface area contributed by atoms with Crippen molar-refractivity contribution in [2.45, 2.75) is 24.9 Å². The topological polar surface area (TPSA) is 106 Å². The summed E-state index contributed by atoms with van der Waals surface area (Å²) in [5.41, 5.74) is 7.65. The van der Waals surface area contributed by atoms with Crippen LogP contribution in [0.4, 0.5) is 11.4 Å². The van der Waals surface area contributed by atoms with Crippen molar-refractivity contribution < 1.29 is 42.7 Å². The van der Waals surface area contributed by atoms with Crippen LogP contribution in [0.15, 0.2) is 72.8 Å². The van der Waals surface area contributed by atoms with Crippen LogP contribution >= 0.6 is 0 Å². The molecule has 4 heterocycles. The lowest BCUT2D eigenvalue weighted by molar-refractivity contribution is -0.119. The van der Waals surface area contributed by atoms with Crippen LogP contribution in [0.2, 0.25) is 0 Å². The molecular formula is C44H38N2O9. The Labute approximate surface area is 317 Å². The van der Waals surface area contributed by atoms with Gasteiger partial charge in [-0.1, -0.05) is 24.3 Å². The van der Waals surface area contributed by atoms with E-state index in [0.29, 0.717) is 40.2 Å². The summed E-state index contributed by atoms with van der Waals surface area (Å²) in [4.78, 5) is 17.0. The molecule has 4 aliphatic heterocycles. The Morgan fingerprint density at radius 3 is 1.78 bits per heavy atom. The van der Waals surface area contributed by atoms with E-state index in [1.165, 1.54) is 0 Å². The third kappa shape index (κ3) is 4.91. The number of anilines is 2. The molecule has 4 aliphatic rings. The van der Waals surface area contributed by atoms with Crippen molar-refractivity contribution >= 4 is 38.7 Å². The highest BCUT2D eigenvalue weighted by molar-refractivity contribution is 6.07. The zero-order chi connectivity index (χ0) is 37.5. The molecule has 0 saturated heterocycles. The maximum absolute atomic E-state index is 14.8. The molecule has 0 spiro atoms. The molecular weight excluding hydrogens is 700 g/mol. The van der Waals surface area contributed by atoms with Crippen LogP contribution in [0.5, 0.6) is 46.0 Å². The maximum atomic E-state index is 14.8. The van der Waals surface area contributed by atoms with Crippen LogP contribution in [0.1, 0.15) is 36.1 Å². The van der Waals surface area contributed by atoms with E-state index in [0.717, 1.165) is 72.0 Å². The van der Waals surface area contributed by atoms with Crippen LogP contribution in [-0.2, 0) is 4.79 Å². The molecule has 278 valence electrons. The lowest BCUT2D eigenvalue weighted by Crippen LogP contribution is -2.32. The van der Waals surface area contributed by atoms with Crippen LogP contribution in [0.25, 0.3) is 43.8 Å². The van der Waals surface area contributed by atoms with Gasteiger partial charge in [0.15, 0.2) is 46.0 Å². The van der Waals surface area contributed by atoms with Gasteiger partial charge in [0.2, 0.25) is 13.6 Å². The summed E-state index contributed by atoms with van der Waals surface area (Å²) in [5, 5.41) is 7.77. The molecule has 2 atom stereocenters. The summed E-state index contributed by atoms with van der Waals surface area (Å²) in [5.74, 6) is 5.25. The van der Waals surface area contributed by atoms with Crippen molar-refractivity contribution in [1.82, 2.24) is 0 Å². The van der Waals surface area contributed by atoms with Gasteiger partial charge in [-0.3, -0.25) is 4.79 Å². The summed E-state index contributed by atoms with van der Waals surface area (Å²) in [7, 11) is 8.57. The number of nitrogens with zero attached hydrogens (tertiary/aromatic N) is 1. The number of Topliss-reactive ketones (excluding diaryl/α,β-unsaturated/α-hetero) is 1. The van der Waals surface area contributed by atoms with E-state index in [1.807, 2.05) is 49.5 Å². The molecule has 6 aromatic carbocycles. The second-order valence-electron chi connectivity index (χ2n) is 14.1. The van der Waals surface area contributed by atoms with Gasteiger partial charge < -0.3 is 48.1 Å². The molecule has 0 bridgehead atoms. The van der Waals surface area contributed by atoms with Gasteiger partial charge in [-0.2, -0.15) is 0 Å². The molecule has 11 nitrogen and oxygen atoms in total. The van der Waals surface area contributed by atoms with Gasteiger partial charge >= 0.3 is 0 Å². The fourth-order valence-corrected chi connectivity index (χ4v) is 8.95. The third-order valence-electron chi connectivity index (χ3n) is 11.4. The number of carbonyl (C=O) groups excluding carboxylic acids is 1. The largest absolute Gasteiger partial charge is 0.493 e. The number of ether oxygens (including phenoxy) is 8. The molecule has 0 amide bonds. The van der Waals surface area contributed by atoms with Gasteiger partial charge in [-0.25, -0.2) is 0 Å². The number of hydrogen-bond acceptors (Lipinski definition) is 11. The Balaban J connectivity index is 1.08. The molecule has 0 saturated carbocycles. The number of fused-ring (bicyclic) bond motifs is 12. The summed E-state index contributed by atoms with van der Waals surface area (Å²) >= 11 is 0. The normalized spacial score (nSPS) is 16.9. The highest BCUT2D eigenvalue weighted by atomic mass is 16.7. The van der Waals surface area contributed by atoms with Crippen LogP contribution in [-0.4, -0.2) is 54.9 Å². The van der Waals surface area contributed by atoms with Crippen LogP contribution in [0.3, 0.4) is 0 Å². The molecule has 0 fully saturated rings. The van der Waals surface area contributed by atoms with E-state index in [2.05, 4.69) is 40.5 Å². The van der Waals surface area contributed by atoms with Crippen molar-refractivity contribution in [1.29, 1.82) is 0 Å². The van der Waals surface area contributed by atoms with Crippen molar-refractivity contribution in [3.8, 4) is 68.2 Å². The second-order valence-corrected chi connectivity index (χ2v) is 14.1. The molecule has 55 heavy (non-hydrogen) atoms. The summed E-state index contributed by atoms with van der Waals surface area (Å²) < 4.78 is 46.6. The van der Waals surface area contributed by atoms with Gasteiger partial charge in [0, 0.05) is 52.9 Å². The SMILES string of the molecule is COc1ccc2c(c1OC)[C@@H](CC(=O)C[C@H]1c3c(ccc(OC)c3OC)-c3ccc4cc5c(cc4c3N1C)OCO5)Nc1c-2ccc2cc3c(cc12)OCO3. The van der Waals surface area contributed by atoms with E-state index >= 15 is 0 Å². The number of nitrogens with one attached hydrogen (secondary N) is 1. The highest BCUT2D eigenvalue weighted by Gasteiger charge is 2.38. The first-order valence-electron chi connectivity index (χ1n) is 18.1. The van der Waals surface area contributed by atoms with Gasteiger partial charge in [-0.05, 0) is 70.4 Å². The van der Waals surface area contributed by atoms with E-state index in [4.69, 9.17) is 37.9 Å². The lowest BCUT2D eigenvalue weighted by atomic mass is 9.82. The molecule has 0 aliphatic carbocycles. The highest BCUT2D eigenvalue weighted by Crippen LogP contribution is 2.56. The standard InChI is InChI=1S/C44H38N2O9/c1-46-32(40-26(11-13-34(49-3)44(40)51-5)28-9-7-23-15-36-38(55-21-53-36)19-30(23)42(28)46)17-24(47)16-31-39-25(10-12-33(48-2)43(39)50-4)27-8-6-22-14-35-37(54-20-52-35)18-29(22)41(27)45-31/h6-15,18-19,31-32,45H,16-17,20-21H2,1-5H3/t31-,32+/m1/s1. The van der Waals surface area contributed by atoms with Gasteiger partial charge in [0.1, 0.15) is 5.78 Å². The number of carbonyl (C=O) groups is 1. The first-order valence-corrected chi connectivity index (χ1v) is 18.1. The average Bonchev–Trinajstić information content (AvgIpc) is 3.88. The van der Waals surface area contributed by atoms with E-state index in [-0.39, 0.29) is 38.3 Å². The maximum Gasteiger partial charge on any atom is 0.231 e. The third-order valence-corrected chi connectivity index (χ3v) is 11.4. The van der Waals surface area contributed by atoms with Crippen LogP contribution < -0.4 is 48.1 Å². The Morgan fingerprint density at radius 1 is 0.636 bits per heavy atom. The van der Waals surface area contributed by atoms with E-state index < -0.39 is 6.04 Å². The fraction of sp³-hybridized carbons (Fsp3) is 0.250. The van der Waals surface area contributed by atoms with Gasteiger partial charge in [0.05, 0.1) is 51.9 Å². The predicted octanol–water partition coefficient (Wildman–Crippen LogP) is 8.83. The Bertz CT molecular complexity index is 2600. The van der Waals surface area contributed by atoms with Crippen LogP contribution in [0, 0.1) is 0 Å². The molecule has 0 unspecified atom stereocenters. The number of benzene rings is 6. The summed E-state index contributed by atoms with van der Waals surface area (Å²) in [6.07, 6.45) is 0.359. The van der Waals surface area contributed by atoms with Crippen molar-refractivity contribution in [3.63, 3.8) is 0 Å².